The molecule has 100 valence electrons. The number of likely N-dealkylation sites (N-methyl/N-ethyl adjacent to an activating group) is 1. The molecule has 5 heteroatoms. The van der Waals surface area contributed by atoms with E-state index < -0.39 is 0 Å². The highest BCUT2D eigenvalue weighted by Crippen LogP contribution is 2.04. The van der Waals surface area contributed by atoms with Crippen LogP contribution in [-0.2, 0) is 0 Å². The van der Waals surface area contributed by atoms with E-state index in [9.17, 15) is 4.79 Å². The van der Waals surface area contributed by atoms with Crippen molar-refractivity contribution in [2.24, 2.45) is 0 Å². The molecule has 1 aromatic rings. The highest BCUT2D eigenvalue weighted by molar-refractivity contribution is 5.92. The molecule has 0 unspecified atom stereocenters. The van der Waals surface area contributed by atoms with Gasteiger partial charge in [0, 0.05) is 20.1 Å². The largest absolute Gasteiger partial charge is 0.387 e. The second kappa shape index (κ2) is 7.66. The molecule has 0 aliphatic rings. The van der Waals surface area contributed by atoms with Crippen LogP contribution in [0.3, 0.4) is 0 Å². The summed E-state index contributed by atoms with van der Waals surface area (Å²) in [5.41, 5.74) is 1.35. The van der Waals surface area contributed by atoms with Crippen molar-refractivity contribution in [3.8, 4) is 0 Å². The number of anilines is 1. The fourth-order valence-corrected chi connectivity index (χ4v) is 1.63. The topological polar surface area (TPSA) is 57.3 Å². The molecule has 1 aromatic heterocycles. The van der Waals surface area contributed by atoms with E-state index in [-0.39, 0.29) is 5.91 Å². The lowest BCUT2D eigenvalue weighted by atomic mass is 10.3. The number of pyridine rings is 1. The number of hydrogen-bond donors (Lipinski definition) is 2. The highest BCUT2D eigenvalue weighted by atomic mass is 16.1. The summed E-state index contributed by atoms with van der Waals surface area (Å²) in [5, 5.41) is 5.84. The number of carbonyl (C=O) groups excluding carboxylic acids is 1. The van der Waals surface area contributed by atoms with Crippen molar-refractivity contribution in [1.29, 1.82) is 0 Å². The summed E-state index contributed by atoms with van der Waals surface area (Å²) in [4.78, 5) is 18.2. The fraction of sp³-hybridized carbons (Fsp3) is 0.538. The number of carbonyl (C=O) groups is 1. The lowest BCUT2D eigenvalue weighted by Gasteiger charge is -2.17. The van der Waals surface area contributed by atoms with Crippen LogP contribution >= 0.6 is 0 Å². The van der Waals surface area contributed by atoms with Gasteiger partial charge in [0.25, 0.3) is 5.91 Å². The molecule has 0 aliphatic carbocycles. The van der Waals surface area contributed by atoms with Gasteiger partial charge in [-0.3, -0.25) is 4.79 Å². The van der Waals surface area contributed by atoms with Gasteiger partial charge in [-0.05, 0) is 25.2 Å². The predicted octanol–water partition coefficient (Wildman–Crippen LogP) is 1.19. The maximum absolute atomic E-state index is 11.8. The highest BCUT2D eigenvalue weighted by Gasteiger charge is 2.06. The van der Waals surface area contributed by atoms with Crippen LogP contribution in [-0.4, -0.2) is 49.0 Å². The Bertz CT molecular complexity index is 360. The zero-order chi connectivity index (χ0) is 13.4. The Hall–Kier alpha value is -1.62. The Labute approximate surface area is 109 Å². The van der Waals surface area contributed by atoms with E-state index in [2.05, 4.69) is 34.4 Å². The lowest BCUT2D eigenvalue weighted by molar-refractivity contribution is 0.0944. The number of aromatic nitrogens is 1. The zero-order valence-electron chi connectivity index (χ0n) is 11.4. The second-order valence-electron chi connectivity index (χ2n) is 3.96. The first-order valence-electron chi connectivity index (χ1n) is 6.35. The summed E-state index contributed by atoms with van der Waals surface area (Å²) in [6.45, 7) is 7.75. The predicted molar refractivity (Wildman–Crippen MR) is 73.9 cm³/mol. The van der Waals surface area contributed by atoms with E-state index in [1.807, 2.05) is 13.1 Å². The zero-order valence-corrected chi connectivity index (χ0v) is 11.4. The molecule has 0 saturated carbocycles. The summed E-state index contributed by atoms with van der Waals surface area (Å²) in [5.74, 6) is -0.121. The number of nitrogens with zero attached hydrogens (tertiary/aromatic N) is 2. The van der Waals surface area contributed by atoms with E-state index in [0.717, 1.165) is 25.3 Å². The van der Waals surface area contributed by atoms with E-state index in [4.69, 9.17) is 0 Å². The van der Waals surface area contributed by atoms with Gasteiger partial charge in [0.05, 0.1) is 11.9 Å². The van der Waals surface area contributed by atoms with Crippen LogP contribution in [0.1, 0.15) is 24.3 Å². The monoisotopic (exact) mass is 250 g/mol. The van der Waals surface area contributed by atoms with Crippen LogP contribution in [0.2, 0.25) is 0 Å². The van der Waals surface area contributed by atoms with Gasteiger partial charge in [-0.1, -0.05) is 13.8 Å². The lowest BCUT2D eigenvalue weighted by Crippen LogP contribution is -2.35. The van der Waals surface area contributed by atoms with E-state index in [0.29, 0.717) is 12.2 Å². The van der Waals surface area contributed by atoms with Crippen molar-refractivity contribution in [2.45, 2.75) is 13.8 Å². The molecule has 0 spiro atoms. The molecule has 0 aromatic carbocycles. The van der Waals surface area contributed by atoms with Gasteiger partial charge < -0.3 is 15.5 Å². The Balaban J connectivity index is 2.40. The van der Waals surface area contributed by atoms with Gasteiger partial charge >= 0.3 is 0 Å². The third kappa shape index (κ3) is 4.33. The Morgan fingerprint density at radius 2 is 2.06 bits per heavy atom. The molecule has 18 heavy (non-hydrogen) atoms. The molecule has 2 N–H and O–H groups in total. The molecule has 0 aliphatic heterocycles. The maximum Gasteiger partial charge on any atom is 0.269 e. The Morgan fingerprint density at radius 1 is 1.33 bits per heavy atom. The standard InChI is InChI=1S/C13H22N4O/c1-4-17(5-2)9-8-15-13(18)12-7-6-11(14-3)10-16-12/h6-7,10,14H,4-5,8-9H2,1-3H3,(H,15,18). The van der Waals surface area contributed by atoms with Gasteiger partial charge in [-0.2, -0.15) is 0 Å². The van der Waals surface area contributed by atoms with Crippen molar-refractivity contribution in [3.63, 3.8) is 0 Å². The quantitative estimate of drug-likeness (QED) is 0.763. The third-order valence-electron chi connectivity index (χ3n) is 2.89. The first-order valence-corrected chi connectivity index (χ1v) is 6.35. The van der Waals surface area contributed by atoms with Gasteiger partial charge in [-0.15, -0.1) is 0 Å². The summed E-state index contributed by atoms with van der Waals surface area (Å²) in [6, 6.07) is 3.56. The minimum atomic E-state index is -0.121. The van der Waals surface area contributed by atoms with Gasteiger partial charge in [0.2, 0.25) is 0 Å². The van der Waals surface area contributed by atoms with Crippen LogP contribution < -0.4 is 10.6 Å². The smallest absolute Gasteiger partial charge is 0.269 e. The molecule has 5 nitrogen and oxygen atoms in total. The summed E-state index contributed by atoms with van der Waals surface area (Å²) in [7, 11) is 1.82. The average Bonchev–Trinajstić information content (AvgIpc) is 2.43. The van der Waals surface area contributed by atoms with E-state index in [1.54, 1.807) is 12.3 Å². The maximum atomic E-state index is 11.8. The minimum Gasteiger partial charge on any atom is -0.387 e. The average molecular weight is 250 g/mol. The SMILES string of the molecule is CCN(CC)CCNC(=O)c1ccc(NC)cn1. The van der Waals surface area contributed by atoms with Crippen LogP contribution in [0.25, 0.3) is 0 Å². The molecule has 0 atom stereocenters. The summed E-state index contributed by atoms with van der Waals surface area (Å²) < 4.78 is 0. The van der Waals surface area contributed by atoms with Crippen LogP contribution in [0.5, 0.6) is 0 Å². The minimum absolute atomic E-state index is 0.121. The van der Waals surface area contributed by atoms with Gasteiger partial charge in [0.15, 0.2) is 0 Å². The Morgan fingerprint density at radius 3 is 2.56 bits per heavy atom. The molecule has 0 radical (unpaired) electrons. The van der Waals surface area contributed by atoms with Crippen molar-refractivity contribution >= 4 is 11.6 Å². The van der Waals surface area contributed by atoms with Gasteiger partial charge in [0.1, 0.15) is 5.69 Å². The molecular formula is C13H22N4O. The molecule has 1 heterocycles. The summed E-state index contributed by atoms with van der Waals surface area (Å²) >= 11 is 0. The number of nitrogens with one attached hydrogen (secondary N) is 2. The molecule has 0 bridgehead atoms. The molecule has 1 amide bonds. The van der Waals surface area contributed by atoms with Crippen molar-refractivity contribution in [2.75, 3.05) is 38.5 Å². The van der Waals surface area contributed by atoms with Gasteiger partial charge in [-0.25, -0.2) is 4.98 Å². The summed E-state index contributed by atoms with van der Waals surface area (Å²) in [6.07, 6.45) is 1.65. The van der Waals surface area contributed by atoms with Crippen molar-refractivity contribution in [3.05, 3.63) is 24.0 Å². The number of hydrogen-bond acceptors (Lipinski definition) is 4. The van der Waals surface area contributed by atoms with Crippen LogP contribution in [0.4, 0.5) is 5.69 Å². The number of amides is 1. The van der Waals surface area contributed by atoms with Crippen molar-refractivity contribution in [1.82, 2.24) is 15.2 Å². The van der Waals surface area contributed by atoms with Crippen molar-refractivity contribution < 1.29 is 4.79 Å². The molecular weight excluding hydrogens is 228 g/mol. The molecule has 0 saturated heterocycles. The van der Waals surface area contributed by atoms with Crippen LogP contribution in [0, 0.1) is 0 Å². The van der Waals surface area contributed by atoms with E-state index in [1.165, 1.54) is 0 Å². The molecule has 1 rings (SSSR count). The third-order valence-corrected chi connectivity index (χ3v) is 2.89. The fourth-order valence-electron chi connectivity index (χ4n) is 1.63. The van der Waals surface area contributed by atoms with Crippen LogP contribution in [0.15, 0.2) is 18.3 Å². The first kappa shape index (κ1) is 14.4. The first-order chi connectivity index (χ1) is 8.71. The second-order valence-corrected chi connectivity index (χ2v) is 3.96. The normalized spacial score (nSPS) is 10.4. The Kier molecular flexibility index (Phi) is 6.14. The number of rotatable bonds is 7. The van der Waals surface area contributed by atoms with E-state index >= 15 is 0 Å². The molecule has 0 fully saturated rings.